The van der Waals surface area contributed by atoms with Gasteiger partial charge in [-0.25, -0.2) is 10.2 Å². The van der Waals surface area contributed by atoms with E-state index in [2.05, 4.69) is 15.5 Å². The Morgan fingerprint density at radius 1 is 0.900 bits per heavy atom. The standard InChI is InChI=1S/C24H17N3O3/c28-23(19-7-4-14-25-16-19)27-26-15-17-10-12-20(13-11-17)30-24(29)22-9-3-6-18-5-1-2-8-21(18)22/h1-16H,(H,27,28)/b26-15+. The molecule has 0 atom stereocenters. The second kappa shape index (κ2) is 8.79. The minimum Gasteiger partial charge on any atom is -0.423 e. The van der Waals surface area contributed by atoms with Crippen LogP contribution in [0.3, 0.4) is 0 Å². The van der Waals surface area contributed by atoms with Crippen LogP contribution in [0.4, 0.5) is 0 Å². The number of esters is 1. The lowest BCUT2D eigenvalue weighted by Gasteiger charge is -2.07. The van der Waals surface area contributed by atoms with Crippen LogP contribution in [0.2, 0.25) is 0 Å². The summed E-state index contributed by atoms with van der Waals surface area (Å²) in [4.78, 5) is 28.4. The molecule has 1 heterocycles. The van der Waals surface area contributed by atoms with Crippen LogP contribution in [0.25, 0.3) is 10.8 Å². The number of nitrogens with zero attached hydrogens (tertiary/aromatic N) is 2. The van der Waals surface area contributed by atoms with Gasteiger partial charge in [0, 0.05) is 12.4 Å². The summed E-state index contributed by atoms with van der Waals surface area (Å²) in [6, 6.07) is 23.4. The molecule has 3 aromatic carbocycles. The second-order valence-electron chi connectivity index (χ2n) is 6.43. The van der Waals surface area contributed by atoms with Crippen LogP contribution < -0.4 is 10.2 Å². The Hall–Kier alpha value is -4.32. The normalized spacial score (nSPS) is 10.8. The van der Waals surface area contributed by atoms with Gasteiger partial charge in [0.05, 0.1) is 17.3 Å². The Morgan fingerprint density at radius 3 is 2.50 bits per heavy atom. The third kappa shape index (κ3) is 4.39. The summed E-state index contributed by atoms with van der Waals surface area (Å²) < 4.78 is 5.50. The van der Waals surface area contributed by atoms with E-state index in [0.29, 0.717) is 16.9 Å². The van der Waals surface area contributed by atoms with Crippen molar-refractivity contribution in [3.8, 4) is 5.75 Å². The highest BCUT2D eigenvalue weighted by Gasteiger charge is 2.12. The molecular formula is C24H17N3O3. The Kier molecular flexibility index (Phi) is 5.57. The summed E-state index contributed by atoms with van der Waals surface area (Å²) in [5, 5.41) is 5.75. The third-order valence-electron chi connectivity index (χ3n) is 4.40. The zero-order valence-corrected chi connectivity index (χ0v) is 15.9. The summed E-state index contributed by atoms with van der Waals surface area (Å²) in [5.74, 6) is -0.346. The van der Waals surface area contributed by atoms with Gasteiger partial charge in [-0.1, -0.05) is 36.4 Å². The number of amides is 1. The average molecular weight is 395 g/mol. The number of hydrogen-bond donors (Lipinski definition) is 1. The number of fused-ring (bicyclic) bond motifs is 1. The van der Waals surface area contributed by atoms with Gasteiger partial charge in [0.15, 0.2) is 0 Å². The molecule has 0 aliphatic heterocycles. The highest BCUT2D eigenvalue weighted by molar-refractivity contribution is 6.05. The largest absolute Gasteiger partial charge is 0.423 e. The van der Waals surface area contributed by atoms with E-state index in [-0.39, 0.29) is 5.91 Å². The first-order valence-electron chi connectivity index (χ1n) is 9.24. The van der Waals surface area contributed by atoms with Crippen molar-refractivity contribution in [2.75, 3.05) is 0 Å². The number of benzene rings is 3. The van der Waals surface area contributed by atoms with Crippen molar-refractivity contribution >= 4 is 28.9 Å². The fourth-order valence-electron chi connectivity index (χ4n) is 2.91. The van der Waals surface area contributed by atoms with Crippen LogP contribution in [0, 0.1) is 0 Å². The molecule has 0 aliphatic carbocycles. The molecule has 1 amide bonds. The predicted molar refractivity (Wildman–Crippen MR) is 115 cm³/mol. The van der Waals surface area contributed by atoms with Crippen LogP contribution >= 0.6 is 0 Å². The van der Waals surface area contributed by atoms with Crippen molar-refractivity contribution in [1.82, 2.24) is 10.4 Å². The minimum atomic E-state index is -0.419. The summed E-state index contributed by atoms with van der Waals surface area (Å²) >= 11 is 0. The number of ether oxygens (including phenoxy) is 1. The van der Waals surface area contributed by atoms with Crippen molar-refractivity contribution in [3.05, 3.63) is 108 Å². The van der Waals surface area contributed by atoms with Gasteiger partial charge in [0.25, 0.3) is 5.91 Å². The number of nitrogens with one attached hydrogen (secondary N) is 1. The molecule has 0 radical (unpaired) electrons. The van der Waals surface area contributed by atoms with Gasteiger partial charge in [-0.3, -0.25) is 9.78 Å². The van der Waals surface area contributed by atoms with Gasteiger partial charge < -0.3 is 4.74 Å². The molecule has 146 valence electrons. The SMILES string of the molecule is O=C(N/N=C/c1ccc(OC(=O)c2cccc3ccccc23)cc1)c1cccnc1. The van der Waals surface area contributed by atoms with Crippen molar-refractivity contribution in [2.24, 2.45) is 5.10 Å². The van der Waals surface area contributed by atoms with E-state index in [9.17, 15) is 9.59 Å². The monoisotopic (exact) mass is 395 g/mol. The highest BCUT2D eigenvalue weighted by atomic mass is 16.5. The van der Waals surface area contributed by atoms with E-state index < -0.39 is 5.97 Å². The maximum absolute atomic E-state index is 12.6. The number of hydrogen-bond acceptors (Lipinski definition) is 5. The number of rotatable bonds is 5. The lowest BCUT2D eigenvalue weighted by Crippen LogP contribution is -2.17. The number of carbonyl (C=O) groups excluding carboxylic acids is 2. The Balaban J connectivity index is 1.40. The number of aromatic nitrogens is 1. The smallest absolute Gasteiger partial charge is 0.344 e. The van der Waals surface area contributed by atoms with Crippen LogP contribution in [0.5, 0.6) is 5.75 Å². The summed E-state index contributed by atoms with van der Waals surface area (Å²) in [6.45, 7) is 0. The number of carbonyl (C=O) groups is 2. The van der Waals surface area contributed by atoms with E-state index >= 15 is 0 Å². The maximum Gasteiger partial charge on any atom is 0.344 e. The van der Waals surface area contributed by atoms with E-state index in [1.807, 2.05) is 36.4 Å². The lowest BCUT2D eigenvalue weighted by atomic mass is 10.0. The fraction of sp³-hybridized carbons (Fsp3) is 0. The minimum absolute atomic E-state index is 0.347. The highest BCUT2D eigenvalue weighted by Crippen LogP contribution is 2.21. The van der Waals surface area contributed by atoms with Gasteiger partial charge in [-0.05, 0) is 58.8 Å². The van der Waals surface area contributed by atoms with Gasteiger partial charge in [-0.2, -0.15) is 5.10 Å². The van der Waals surface area contributed by atoms with E-state index in [1.54, 1.807) is 48.7 Å². The first-order chi connectivity index (χ1) is 14.7. The van der Waals surface area contributed by atoms with Gasteiger partial charge in [0.2, 0.25) is 0 Å². The molecule has 0 fully saturated rings. The second-order valence-corrected chi connectivity index (χ2v) is 6.43. The molecule has 4 aromatic rings. The third-order valence-corrected chi connectivity index (χ3v) is 4.40. The van der Waals surface area contributed by atoms with Gasteiger partial charge >= 0.3 is 5.97 Å². The first kappa shape index (κ1) is 19.0. The Morgan fingerprint density at radius 2 is 1.70 bits per heavy atom. The molecule has 0 unspecified atom stereocenters. The molecule has 30 heavy (non-hydrogen) atoms. The Labute approximate surface area is 172 Å². The van der Waals surface area contributed by atoms with E-state index in [4.69, 9.17) is 4.74 Å². The molecule has 1 aromatic heterocycles. The average Bonchev–Trinajstić information content (AvgIpc) is 2.80. The molecule has 0 bridgehead atoms. The number of hydrazone groups is 1. The van der Waals surface area contributed by atoms with Crippen LogP contribution in [-0.4, -0.2) is 23.1 Å². The molecular weight excluding hydrogens is 378 g/mol. The summed E-state index contributed by atoms with van der Waals surface area (Å²) in [5.41, 5.74) is 4.11. The fourth-order valence-corrected chi connectivity index (χ4v) is 2.91. The molecule has 6 nitrogen and oxygen atoms in total. The van der Waals surface area contributed by atoms with E-state index in [0.717, 1.165) is 16.3 Å². The number of pyridine rings is 1. The van der Waals surface area contributed by atoms with Gasteiger partial charge in [0.1, 0.15) is 5.75 Å². The van der Waals surface area contributed by atoms with Crippen LogP contribution in [-0.2, 0) is 0 Å². The molecule has 1 N–H and O–H groups in total. The van der Waals surface area contributed by atoms with Crippen molar-refractivity contribution in [1.29, 1.82) is 0 Å². The topological polar surface area (TPSA) is 80.6 Å². The molecule has 6 heteroatoms. The zero-order valence-electron chi connectivity index (χ0n) is 15.9. The quantitative estimate of drug-likeness (QED) is 0.237. The van der Waals surface area contributed by atoms with E-state index in [1.165, 1.54) is 12.4 Å². The molecule has 0 saturated heterocycles. The maximum atomic E-state index is 12.6. The zero-order chi connectivity index (χ0) is 20.8. The molecule has 4 rings (SSSR count). The first-order valence-corrected chi connectivity index (χ1v) is 9.24. The summed E-state index contributed by atoms with van der Waals surface area (Å²) in [7, 11) is 0. The Bertz CT molecular complexity index is 1210. The van der Waals surface area contributed by atoms with Crippen LogP contribution in [0.15, 0.2) is 96.4 Å². The predicted octanol–water partition coefficient (Wildman–Crippen LogP) is 4.22. The van der Waals surface area contributed by atoms with Crippen molar-refractivity contribution < 1.29 is 14.3 Å². The van der Waals surface area contributed by atoms with Gasteiger partial charge in [-0.15, -0.1) is 0 Å². The van der Waals surface area contributed by atoms with Crippen molar-refractivity contribution in [2.45, 2.75) is 0 Å². The molecule has 0 spiro atoms. The lowest BCUT2D eigenvalue weighted by molar-refractivity contribution is 0.0736. The van der Waals surface area contributed by atoms with Crippen LogP contribution in [0.1, 0.15) is 26.3 Å². The summed E-state index contributed by atoms with van der Waals surface area (Å²) in [6.07, 6.45) is 4.56. The molecule has 0 aliphatic rings. The van der Waals surface area contributed by atoms with Crippen molar-refractivity contribution in [3.63, 3.8) is 0 Å². The molecule has 0 saturated carbocycles.